The lowest BCUT2D eigenvalue weighted by Gasteiger charge is -2.26. The van der Waals surface area contributed by atoms with Gasteiger partial charge in [-0.25, -0.2) is 0 Å². The maximum atomic E-state index is 14.0. The van der Waals surface area contributed by atoms with Crippen molar-refractivity contribution >= 4 is 22.9 Å². The molecule has 34 heavy (non-hydrogen) atoms. The SMILES string of the molecule is O=C1C(=C2c3ccccc3C(=O)[C@@H]2C(c2ccccc2)c2ccccc2)C(=O)c2ccccc21. The van der Waals surface area contributed by atoms with Crippen LogP contribution in [0.15, 0.2) is 115 Å². The first kappa shape index (κ1) is 20.3. The molecule has 0 saturated carbocycles. The van der Waals surface area contributed by atoms with Gasteiger partial charge in [0.15, 0.2) is 17.3 Å². The van der Waals surface area contributed by atoms with Crippen LogP contribution in [0.4, 0.5) is 0 Å². The molecule has 0 fully saturated rings. The highest BCUT2D eigenvalue weighted by atomic mass is 16.2. The molecule has 3 nitrogen and oxygen atoms in total. The number of hydrogen-bond donors (Lipinski definition) is 0. The molecular weight excluding hydrogens is 420 g/mol. The molecule has 0 N–H and O–H groups in total. The quantitative estimate of drug-likeness (QED) is 0.283. The maximum Gasteiger partial charge on any atom is 0.198 e. The van der Waals surface area contributed by atoms with Crippen LogP contribution in [-0.2, 0) is 0 Å². The summed E-state index contributed by atoms with van der Waals surface area (Å²) in [6.45, 7) is 0. The first-order valence-corrected chi connectivity index (χ1v) is 11.3. The Balaban J connectivity index is 1.66. The van der Waals surface area contributed by atoms with E-state index in [-0.39, 0.29) is 28.8 Å². The molecule has 0 amide bonds. The minimum absolute atomic E-state index is 0.0626. The number of carbonyl (C=O) groups excluding carboxylic acids is 3. The van der Waals surface area contributed by atoms with Gasteiger partial charge >= 0.3 is 0 Å². The molecule has 0 unspecified atom stereocenters. The van der Waals surface area contributed by atoms with Crippen molar-refractivity contribution in [2.45, 2.75) is 5.92 Å². The van der Waals surface area contributed by atoms with E-state index in [9.17, 15) is 14.4 Å². The van der Waals surface area contributed by atoms with E-state index in [2.05, 4.69) is 0 Å². The maximum absolute atomic E-state index is 14.0. The molecule has 0 spiro atoms. The smallest absolute Gasteiger partial charge is 0.198 e. The van der Waals surface area contributed by atoms with Gasteiger partial charge in [0.2, 0.25) is 0 Å². The van der Waals surface area contributed by atoms with Crippen LogP contribution >= 0.6 is 0 Å². The van der Waals surface area contributed by atoms with Crippen molar-refractivity contribution < 1.29 is 14.4 Å². The Kier molecular flexibility index (Phi) is 4.70. The van der Waals surface area contributed by atoms with Crippen molar-refractivity contribution in [3.8, 4) is 0 Å². The standard InChI is InChI=1S/C31H20O3/c32-29-22-16-8-7-15-21(22)26(28-30(33)23-17-9-10-18-24(23)31(28)34)27(29)25(19-11-3-1-4-12-19)20-13-5-2-6-14-20/h1-18,25,27H/t27-/m1/s1. The second-order valence-corrected chi connectivity index (χ2v) is 8.68. The topological polar surface area (TPSA) is 51.2 Å². The lowest BCUT2D eigenvalue weighted by molar-refractivity contribution is 0.0950. The molecule has 162 valence electrons. The predicted molar refractivity (Wildman–Crippen MR) is 131 cm³/mol. The fourth-order valence-electron chi connectivity index (χ4n) is 5.40. The van der Waals surface area contributed by atoms with Gasteiger partial charge in [0.25, 0.3) is 0 Å². The van der Waals surface area contributed by atoms with Crippen molar-refractivity contribution in [2.24, 2.45) is 5.92 Å². The van der Waals surface area contributed by atoms with E-state index in [1.807, 2.05) is 78.9 Å². The van der Waals surface area contributed by atoms with Gasteiger partial charge in [-0.15, -0.1) is 0 Å². The van der Waals surface area contributed by atoms with E-state index in [4.69, 9.17) is 0 Å². The third-order valence-corrected chi connectivity index (χ3v) is 6.87. The second-order valence-electron chi connectivity index (χ2n) is 8.68. The second kappa shape index (κ2) is 7.89. The van der Waals surface area contributed by atoms with E-state index in [0.29, 0.717) is 27.8 Å². The first-order valence-electron chi connectivity index (χ1n) is 11.3. The minimum Gasteiger partial charge on any atom is -0.293 e. The summed E-state index contributed by atoms with van der Waals surface area (Å²) in [5.74, 6) is -1.68. The highest BCUT2D eigenvalue weighted by Crippen LogP contribution is 2.50. The molecule has 0 aromatic heterocycles. The Morgan fingerprint density at radius 1 is 0.471 bits per heavy atom. The number of hydrogen-bond acceptors (Lipinski definition) is 3. The van der Waals surface area contributed by atoms with Gasteiger partial charge in [0, 0.05) is 22.6 Å². The Hall–Kier alpha value is -4.37. The third kappa shape index (κ3) is 2.94. The summed E-state index contributed by atoms with van der Waals surface area (Å²) in [6, 6.07) is 33.9. The molecule has 0 bridgehead atoms. The summed E-state index contributed by atoms with van der Waals surface area (Å²) in [7, 11) is 0. The molecule has 0 heterocycles. The number of allylic oxidation sites excluding steroid dienone is 2. The summed E-state index contributed by atoms with van der Waals surface area (Å²) < 4.78 is 0. The van der Waals surface area contributed by atoms with Gasteiger partial charge in [0.1, 0.15) is 0 Å². The summed E-state index contributed by atoms with van der Waals surface area (Å²) in [6.07, 6.45) is 0. The van der Waals surface area contributed by atoms with E-state index in [1.54, 1.807) is 30.3 Å². The summed E-state index contributed by atoms with van der Waals surface area (Å²) in [5.41, 5.74) is 4.65. The number of Topliss-reactive ketones (excluding diaryl/α,β-unsaturated/α-hetero) is 3. The van der Waals surface area contributed by atoms with Gasteiger partial charge in [-0.05, 0) is 22.3 Å². The van der Waals surface area contributed by atoms with Crippen molar-refractivity contribution in [3.05, 3.63) is 148 Å². The van der Waals surface area contributed by atoms with Crippen LogP contribution in [0.5, 0.6) is 0 Å². The zero-order chi connectivity index (χ0) is 23.2. The van der Waals surface area contributed by atoms with Gasteiger partial charge in [0.05, 0.1) is 11.5 Å². The van der Waals surface area contributed by atoms with Crippen LogP contribution in [0.2, 0.25) is 0 Å². The van der Waals surface area contributed by atoms with Gasteiger partial charge in [-0.2, -0.15) is 0 Å². The largest absolute Gasteiger partial charge is 0.293 e. The van der Waals surface area contributed by atoms with Gasteiger partial charge in [-0.3, -0.25) is 14.4 Å². The predicted octanol–water partition coefficient (Wildman–Crippen LogP) is 6.16. The van der Waals surface area contributed by atoms with E-state index < -0.39 is 5.92 Å². The average Bonchev–Trinajstić information content (AvgIpc) is 3.31. The Morgan fingerprint density at radius 2 is 0.882 bits per heavy atom. The zero-order valence-electron chi connectivity index (χ0n) is 18.3. The first-order chi connectivity index (χ1) is 16.7. The van der Waals surface area contributed by atoms with Crippen molar-refractivity contribution in [2.75, 3.05) is 0 Å². The lowest BCUT2D eigenvalue weighted by atomic mass is 9.75. The summed E-state index contributed by atoms with van der Waals surface area (Å²) in [5, 5.41) is 0. The third-order valence-electron chi connectivity index (χ3n) is 6.87. The molecule has 0 aliphatic heterocycles. The van der Waals surface area contributed by atoms with Gasteiger partial charge in [-0.1, -0.05) is 109 Å². The Bertz CT molecular complexity index is 1420. The van der Waals surface area contributed by atoms with Crippen LogP contribution in [-0.4, -0.2) is 17.3 Å². The van der Waals surface area contributed by atoms with Crippen molar-refractivity contribution in [3.63, 3.8) is 0 Å². The lowest BCUT2D eigenvalue weighted by Crippen LogP contribution is -2.22. The molecular formula is C31H20O3. The Morgan fingerprint density at radius 3 is 1.38 bits per heavy atom. The molecule has 4 aromatic carbocycles. The highest BCUT2D eigenvalue weighted by Gasteiger charge is 2.47. The molecule has 4 aromatic rings. The number of fused-ring (bicyclic) bond motifs is 2. The van der Waals surface area contributed by atoms with Crippen molar-refractivity contribution in [1.29, 1.82) is 0 Å². The molecule has 0 radical (unpaired) electrons. The van der Waals surface area contributed by atoms with E-state index in [0.717, 1.165) is 11.1 Å². The monoisotopic (exact) mass is 440 g/mol. The normalized spacial score (nSPS) is 16.9. The van der Waals surface area contributed by atoms with Crippen LogP contribution in [0, 0.1) is 5.92 Å². The minimum atomic E-state index is -0.681. The van der Waals surface area contributed by atoms with Crippen molar-refractivity contribution in [1.82, 2.24) is 0 Å². The number of ketones is 3. The van der Waals surface area contributed by atoms with E-state index >= 15 is 0 Å². The average molecular weight is 440 g/mol. The number of rotatable bonds is 3. The summed E-state index contributed by atoms with van der Waals surface area (Å²) >= 11 is 0. The molecule has 2 aliphatic carbocycles. The summed E-state index contributed by atoms with van der Waals surface area (Å²) in [4.78, 5) is 41.1. The fraction of sp³-hybridized carbons (Fsp3) is 0.0645. The molecule has 0 saturated heterocycles. The zero-order valence-corrected chi connectivity index (χ0v) is 18.3. The Labute approximate surface area is 197 Å². The molecule has 1 atom stereocenters. The number of benzene rings is 4. The molecule has 2 aliphatic rings. The van der Waals surface area contributed by atoms with Crippen LogP contribution in [0.3, 0.4) is 0 Å². The van der Waals surface area contributed by atoms with Crippen LogP contribution in [0.25, 0.3) is 5.57 Å². The van der Waals surface area contributed by atoms with Crippen LogP contribution < -0.4 is 0 Å². The highest BCUT2D eigenvalue weighted by molar-refractivity contribution is 6.43. The molecule has 6 rings (SSSR count). The molecule has 3 heteroatoms. The van der Waals surface area contributed by atoms with Gasteiger partial charge < -0.3 is 0 Å². The van der Waals surface area contributed by atoms with Crippen LogP contribution in [0.1, 0.15) is 53.7 Å². The van der Waals surface area contributed by atoms with E-state index in [1.165, 1.54) is 0 Å². The fourth-order valence-corrected chi connectivity index (χ4v) is 5.40. The number of carbonyl (C=O) groups is 3.